The highest BCUT2D eigenvalue weighted by atomic mass is 16.5. The monoisotopic (exact) mass is 290 g/mol. The van der Waals surface area contributed by atoms with Gasteiger partial charge >= 0.3 is 5.97 Å². The van der Waals surface area contributed by atoms with Gasteiger partial charge in [0.2, 0.25) is 0 Å². The fraction of sp³-hybridized carbons (Fsp3) is 0.333. The molecule has 2 N–H and O–H groups in total. The first-order valence-electron chi connectivity index (χ1n) is 6.80. The Kier molecular flexibility index (Phi) is 4.81. The van der Waals surface area contributed by atoms with Gasteiger partial charge in [0.15, 0.2) is 0 Å². The quantitative estimate of drug-likeness (QED) is 0.788. The summed E-state index contributed by atoms with van der Waals surface area (Å²) in [5.41, 5.74) is 1.32. The van der Waals surface area contributed by atoms with Crippen molar-refractivity contribution in [3.8, 4) is 5.75 Å². The zero-order valence-corrected chi connectivity index (χ0v) is 11.8. The predicted molar refractivity (Wildman–Crippen MR) is 77.2 cm³/mol. The van der Waals surface area contributed by atoms with Crippen LogP contribution in [-0.4, -0.2) is 27.5 Å². The molecule has 0 fully saturated rings. The van der Waals surface area contributed by atoms with Crippen LogP contribution < -0.4 is 5.56 Å². The molecule has 0 aliphatic heterocycles. The van der Waals surface area contributed by atoms with Crippen molar-refractivity contribution in [2.45, 2.75) is 26.3 Å². The fourth-order valence-corrected chi connectivity index (χ4v) is 2.01. The van der Waals surface area contributed by atoms with Crippen LogP contribution in [0.25, 0.3) is 0 Å². The van der Waals surface area contributed by atoms with E-state index in [1.807, 2.05) is 0 Å². The van der Waals surface area contributed by atoms with Gasteiger partial charge in [-0.1, -0.05) is 12.1 Å². The number of H-pyrrole nitrogens is 1. The first-order valence-corrected chi connectivity index (χ1v) is 6.80. The number of phenolic OH excluding ortho intramolecular Hbond substituents is 1. The Hall–Kier alpha value is -2.50. The molecular formula is C15H18N2O4. The van der Waals surface area contributed by atoms with E-state index in [4.69, 9.17) is 4.74 Å². The molecule has 1 heterocycles. The molecule has 0 radical (unpaired) electrons. The van der Waals surface area contributed by atoms with E-state index in [0.29, 0.717) is 25.1 Å². The van der Waals surface area contributed by atoms with Gasteiger partial charge in [0.1, 0.15) is 5.75 Å². The highest BCUT2D eigenvalue weighted by Gasteiger charge is 2.08. The number of aromatic hydroxyl groups is 1. The fourth-order valence-electron chi connectivity index (χ4n) is 2.01. The lowest BCUT2D eigenvalue weighted by molar-refractivity contribution is -0.143. The summed E-state index contributed by atoms with van der Waals surface area (Å²) in [6.07, 6.45) is 2.26. The molecule has 0 aliphatic rings. The maximum Gasteiger partial charge on any atom is 0.306 e. The van der Waals surface area contributed by atoms with Gasteiger partial charge in [-0.2, -0.15) is 0 Å². The third-order valence-corrected chi connectivity index (χ3v) is 3.04. The van der Waals surface area contributed by atoms with Crippen molar-refractivity contribution in [1.82, 2.24) is 9.78 Å². The van der Waals surface area contributed by atoms with Crippen LogP contribution >= 0.6 is 0 Å². The summed E-state index contributed by atoms with van der Waals surface area (Å²) in [4.78, 5) is 23.1. The first kappa shape index (κ1) is 14.9. The van der Waals surface area contributed by atoms with Crippen LogP contribution in [0.4, 0.5) is 0 Å². The third kappa shape index (κ3) is 4.24. The highest BCUT2D eigenvalue weighted by molar-refractivity contribution is 5.69. The number of nitrogens with one attached hydrogen (secondary N) is 1. The summed E-state index contributed by atoms with van der Waals surface area (Å²) in [5, 5.41) is 11.9. The molecule has 1 aromatic carbocycles. The third-order valence-electron chi connectivity index (χ3n) is 3.04. The number of benzene rings is 1. The lowest BCUT2D eigenvalue weighted by Gasteiger charge is -2.02. The molecule has 6 nitrogen and oxygen atoms in total. The zero-order chi connectivity index (χ0) is 15.2. The zero-order valence-electron chi connectivity index (χ0n) is 11.8. The minimum atomic E-state index is -0.303. The van der Waals surface area contributed by atoms with Gasteiger partial charge < -0.3 is 9.84 Å². The Morgan fingerprint density at radius 2 is 2.05 bits per heavy atom. The molecule has 0 spiro atoms. The normalized spacial score (nSPS) is 10.5. The molecule has 112 valence electrons. The molecule has 0 saturated carbocycles. The molecule has 2 aromatic rings. The maximum atomic E-state index is 11.8. The number of phenols is 1. The highest BCUT2D eigenvalue weighted by Crippen LogP contribution is 2.10. The lowest BCUT2D eigenvalue weighted by Crippen LogP contribution is -2.11. The number of carbonyl (C=O) groups excluding carboxylic acids is 1. The van der Waals surface area contributed by atoms with Crippen LogP contribution in [0.3, 0.4) is 0 Å². The molecule has 2 rings (SSSR count). The number of aryl methyl sites for hydroxylation is 1. The Bertz CT molecular complexity index is 655. The summed E-state index contributed by atoms with van der Waals surface area (Å²) >= 11 is 0. The molecule has 0 aliphatic carbocycles. The van der Waals surface area contributed by atoms with Gasteiger partial charge in [-0.3, -0.25) is 19.4 Å². The number of nitrogens with zero attached hydrogens (tertiary/aromatic N) is 1. The van der Waals surface area contributed by atoms with E-state index in [2.05, 4.69) is 5.10 Å². The summed E-state index contributed by atoms with van der Waals surface area (Å²) in [6.45, 7) is 2.59. The molecule has 1 aromatic heterocycles. The number of hydrogen-bond donors (Lipinski definition) is 2. The second kappa shape index (κ2) is 6.78. The topological polar surface area (TPSA) is 84.3 Å². The molecule has 0 unspecified atom stereocenters. The largest absolute Gasteiger partial charge is 0.508 e. The minimum Gasteiger partial charge on any atom is -0.508 e. The summed E-state index contributed by atoms with van der Waals surface area (Å²) in [5.74, 6) is -0.0990. The maximum absolute atomic E-state index is 11.8. The van der Waals surface area contributed by atoms with Crippen LogP contribution in [-0.2, 0) is 22.5 Å². The van der Waals surface area contributed by atoms with Crippen molar-refractivity contribution in [3.63, 3.8) is 0 Å². The van der Waals surface area contributed by atoms with Crippen molar-refractivity contribution < 1.29 is 14.6 Å². The molecular weight excluding hydrogens is 272 g/mol. The first-order chi connectivity index (χ1) is 10.1. The smallest absolute Gasteiger partial charge is 0.306 e. The van der Waals surface area contributed by atoms with Crippen LogP contribution in [0.15, 0.2) is 35.3 Å². The molecule has 0 saturated heterocycles. The number of aromatic nitrogens is 2. The van der Waals surface area contributed by atoms with E-state index in [9.17, 15) is 14.7 Å². The van der Waals surface area contributed by atoms with Crippen molar-refractivity contribution in [2.75, 3.05) is 6.61 Å². The SMILES string of the molecule is CCOC(=O)CCc1cn(Cc2ccc(O)cc2)[nH]c1=O. The second-order valence-corrected chi connectivity index (χ2v) is 4.69. The Labute approximate surface area is 122 Å². The van der Waals surface area contributed by atoms with E-state index in [-0.39, 0.29) is 23.7 Å². The Morgan fingerprint density at radius 3 is 2.71 bits per heavy atom. The Balaban J connectivity index is 2.00. The number of hydrogen-bond acceptors (Lipinski definition) is 4. The van der Waals surface area contributed by atoms with Crippen LogP contribution in [0.5, 0.6) is 5.75 Å². The van der Waals surface area contributed by atoms with Gasteiger partial charge in [-0.25, -0.2) is 0 Å². The van der Waals surface area contributed by atoms with Crippen LogP contribution in [0, 0.1) is 0 Å². The second-order valence-electron chi connectivity index (χ2n) is 4.69. The molecule has 0 atom stereocenters. The Morgan fingerprint density at radius 1 is 1.33 bits per heavy atom. The van der Waals surface area contributed by atoms with Crippen LogP contribution in [0.2, 0.25) is 0 Å². The van der Waals surface area contributed by atoms with E-state index < -0.39 is 0 Å². The minimum absolute atomic E-state index is 0.195. The number of aromatic amines is 1. The summed E-state index contributed by atoms with van der Waals surface area (Å²) in [7, 11) is 0. The van der Waals surface area contributed by atoms with E-state index in [0.717, 1.165) is 5.56 Å². The predicted octanol–water partition coefficient (Wildman–Crippen LogP) is 1.43. The standard InChI is InChI=1S/C15H18N2O4/c1-2-21-14(19)8-5-12-10-17(16-15(12)20)9-11-3-6-13(18)7-4-11/h3-4,6-7,10,18H,2,5,8-9H2,1H3,(H,16,20). The van der Waals surface area contributed by atoms with E-state index in [1.54, 1.807) is 42.1 Å². The average molecular weight is 290 g/mol. The van der Waals surface area contributed by atoms with Gasteiger partial charge in [0.05, 0.1) is 13.2 Å². The number of carbonyl (C=O) groups is 1. The molecule has 6 heteroatoms. The summed E-state index contributed by atoms with van der Waals surface area (Å²) < 4.78 is 6.50. The van der Waals surface area contributed by atoms with Gasteiger partial charge in [-0.05, 0) is 31.0 Å². The molecule has 0 bridgehead atoms. The van der Waals surface area contributed by atoms with E-state index >= 15 is 0 Å². The number of ether oxygens (including phenoxy) is 1. The van der Waals surface area contributed by atoms with Gasteiger partial charge in [-0.15, -0.1) is 0 Å². The van der Waals surface area contributed by atoms with Crippen LogP contribution in [0.1, 0.15) is 24.5 Å². The van der Waals surface area contributed by atoms with Crippen molar-refractivity contribution in [1.29, 1.82) is 0 Å². The molecule has 0 amide bonds. The van der Waals surface area contributed by atoms with Crippen molar-refractivity contribution in [2.24, 2.45) is 0 Å². The van der Waals surface area contributed by atoms with E-state index in [1.165, 1.54) is 0 Å². The van der Waals surface area contributed by atoms with Crippen molar-refractivity contribution >= 4 is 5.97 Å². The summed E-state index contributed by atoms with van der Waals surface area (Å²) in [6, 6.07) is 6.76. The average Bonchev–Trinajstić information content (AvgIpc) is 2.79. The van der Waals surface area contributed by atoms with Gasteiger partial charge in [0.25, 0.3) is 5.56 Å². The number of rotatable bonds is 6. The van der Waals surface area contributed by atoms with Crippen molar-refractivity contribution in [3.05, 3.63) is 51.9 Å². The van der Waals surface area contributed by atoms with Gasteiger partial charge in [0, 0.05) is 18.2 Å². The number of esters is 1. The lowest BCUT2D eigenvalue weighted by atomic mass is 10.2. The molecule has 21 heavy (non-hydrogen) atoms.